The zero-order chi connectivity index (χ0) is 12.4. The van der Waals surface area contributed by atoms with Crippen molar-refractivity contribution in [3.05, 3.63) is 20.8 Å². The van der Waals surface area contributed by atoms with E-state index in [-0.39, 0.29) is 12.6 Å². The molecule has 1 aliphatic carbocycles. The molecule has 0 fully saturated rings. The van der Waals surface area contributed by atoms with Crippen molar-refractivity contribution in [3.63, 3.8) is 0 Å². The van der Waals surface area contributed by atoms with Crippen LogP contribution in [0.25, 0.3) is 0 Å². The molecule has 4 heteroatoms. The van der Waals surface area contributed by atoms with Crippen molar-refractivity contribution in [2.75, 3.05) is 6.61 Å². The highest BCUT2D eigenvalue weighted by molar-refractivity contribution is 7.16. The normalized spacial score (nSPS) is 21.6. The molecule has 2 N–H and O–H groups in total. The Kier molecular flexibility index (Phi) is 4.47. The molecule has 0 bridgehead atoms. The van der Waals surface area contributed by atoms with Gasteiger partial charge in [0, 0.05) is 17.0 Å². The Balaban J connectivity index is 2.12. The molecular weight excluding hydrogens is 254 g/mol. The first-order chi connectivity index (χ1) is 8.11. The van der Waals surface area contributed by atoms with Gasteiger partial charge in [0.1, 0.15) is 0 Å². The Bertz CT molecular complexity index is 377. The summed E-state index contributed by atoms with van der Waals surface area (Å²) >= 11 is 7.79. The van der Waals surface area contributed by atoms with Crippen molar-refractivity contribution in [3.8, 4) is 0 Å². The van der Waals surface area contributed by atoms with Crippen LogP contribution in [-0.4, -0.2) is 17.8 Å². The lowest BCUT2D eigenvalue weighted by Gasteiger charge is -2.30. The van der Waals surface area contributed by atoms with Gasteiger partial charge in [0.2, 0.25) is 0 Å². The molecule has 1 unspecified atom stereocenters. The van der Waals surface area contributed by atoms with E-state index in [1.54, 1.807) is 11.3 Å². The summed E-state index contributed by atoms with van der Waals surface area (Å²) in [5.41, 5.74) is 1.35. The standard InChI is InChI=1S/C13H20ClNOS/c1-8(2)11(7-16)15-10-4-3-5-12-9(10)6-13(14)17-12/h6,8,10-11,15-16H,3-5,7H2,1-2H3/t10?,11-/m1/s1. The first kappa shape index (κ1) is 13.3. The van der Waals surface area contributed by atoms with Gasteiger partial charge in [-0.15, -0.1) is 11.3 Å². The first-order valence-corrected chi connectivity index (χ1v) is 7.46. The summed E-state index contributed by atoms with van der Waals surface area (Å²) in [6.45, 7) is 4.47. The van der Waals surface area contributed by atoms with Crippen LogP contribution in [0.5, 0.6) is 0 Å². The van der Waals surface area contributed by atoms with Crippen molar-refractivity contribution in [1.82, 2.24) is 5.32 Å². The average Bonchev–Trinajstić information content (AvgIpc) is 2.66. The Morgan fingerprint density at radius 2 is 2.35 bits per heavy atom. The van der Waals surface area contributed by atoms with Gasteiger partial charge < -0.3 is 10.4 Å². The molecule has 2 atom stereocenters. The van der Waals surface area contributed by atoms with E-state index in [1.807, 2.05) is 0 Å². The predicted octanol–water partition coefficient (Wildman–Crippen LogP) is 3.39. The van der Waals surface area contributed by atoms with Crippen molar-refractivity contribution < 1.29 is 5.11 Å². The Hall–Kier alpha value is -0.0900. The lowest BCUT2D eigenvalue weighted by atomic mass is 9.92. The fourth-order valence-corrected chi connectivity index (χ4v) is 3.79. The summed E-state index contributed by atoms with van der Waals surface area (Å²) in [5, 5.41) is 13.0. The monoisotopic (exact) mass is 273 g/mol. The summed E-state index contributed by atoms with van der Waals surface area (Å²) in [6.07, 6.45) is 3.50. The maximum atomic E-state index is 9.39. The number of hydrogen-bond acceptors (Lipinski definition) is 3. The fraction of sp³-hybridized carbons (Fsp3) is 0.692. The van der Waals surface area contributed by atoms with Gasteiger partial charge in [0.15, 0.2) is 0 Å². The van der Waals surface area contributed by atoms with Crippen LogP contribution in [0, 0.1) is 5.92 Å². The molecule has 1 heterocycles. The summed E-state index contributed by atoms with van der Waals surface area (Å²) in [4.78, 5) is 1.42. The van der Waals surface area contributed by atoms with Gasteiger partial charge >= 0.3 is 0 Å². The largest absolute Gasteiger partial charge is 0.395 e. The number of thiophene rings is 1. The van der Waals surface area contributed by atoms with Gasteiger partial charge in [-0.1, -0.05) is 25.4 Å². The second kappa shape index (κ2) is 5.70. The third-order valence-corrected chi connectivity index (χ3v) is 4.84. The molecule has 0 amide bonds. The lowest BCUT2D eigenvalue weighted by molar-refractivity contribution is 0.195. The molecule has 1 aromatic heterocycles. The van der Waals surface area contributed by atoms with Crippen LogP contribution in [0.4, 0.5) is 0 Å². The number of halogens is 1. The highest BCUT2D eigenvalue weighted by Gasteiger charge is 2.25. The molecule has 1 aliphatic rings. The number of fused-ring (bicyclic) bond motifs is 1. The molecule has 0 saturated carbocycles. The van der Waals surface area contributed by atoms with Crippen LogP contribution in [0.3, 0.4) is 0 Å². The smallest absolute Gasteiger partial charge is 0.0934 e. The highest BCUT2D eigenvalue weighted by atomic mass is 35.5. The van der Waals surface area contributed by atoms with Crippen LogP contribution in [0.2, 0.25) is 4.34 Å². The molecule has 2 rings (SSSR count). The van der Waals surface area contributed by atoms with E-state index in [2.05, 4.69) is 25.2 Å². The molecule has 2 nitrogen and oxygen atoms in total. The van der Waals surface area contributed by atoms with E-state index in [1.165, 1.54) is 16.9 Å². The van der Waals surface area contributed by atoms with Crippen LogP contribution in [0.1, 0.15) is 43.2 Å². The zero-order valence-corrected chi connectivity index (χ0v) is 11.9. The Morgan fingerprint density at radius 3 is 3.00 bits per heavy atom. The van der Waals surface area contributed by atoms with Crippen molar-refractivity contribution in [1.29, 1.82) is 0 Å². The maximum absolute atomic E-state index is 9.39. The van der Waals surface area contributed by atoms with Crippen molar-refractivity contribution in [2.24, 2.45) is 5.92 Å². The van der Waals surface area contributed by atoms with Crippen molar-refractivity contribution in [2.45, 2.75) is 45.2 Å². The number of nitrogens with one attached hydrogen (secondary N) is 1. The SMILES string of the molecule is CC(C)[C@@H](CO)NC1CCCc2sc(Cl)cc21. The number of aliphatic hydroxyl groups excluding tert-OH is 1. The third kappa shape index (κ3) is 3.02. The molecule has 96 valence electrons. The molecule has 0 aliphatic heterocycles. The van der Waals surface area contributed by atoms with Crippen LogP contribution < -0.4 is 5.32 Å². The minimum absolute atomic E-state index is 0.171. The number of rotatable bonds is 4. The van der Waals surface area contributed by atoms with Gasteiger partial charge in [0.05, 0.1) is 10.9 Å². The fourth-order valence-electron chi connectivity index (χ4n) is 2.41. The number of hydrogen-bond donors (Lipinski definition) is 2. The quantitative estimate of drug-likeness (QED) is 0.881. The van der Waals surface area contributed by atoms with E-state index in [4.69, 9.17) is 11.6 Å². The molecule has 17 heavy (non-hydrogen) atoms. The van der Waals surface area contributed by atoms with Crippen molar-refractivity contribution >= 4 is 22.9 Å². The van der Waals surface area contributed by atoms with E-state index >= 15 is 0 Å². The van der Waals surface area contributed by atoms with Gasteiger partial charge in [-0.3, -0.25) is 0 Å². The minimum Gasteiger partial charge on any atom is -0.395 e. The van der Waals surface area contributed by atoms with Gasteiger partial charge in [-0.25, -0.2) is 0 Å². The van der Waals surface area contributed by atoms with E-state index in [9.17, 15) is 5.11 Å². The average molecular weight is 274 g/mol. The lowest BCUT2D eigenvalue weighted by Crippen LogP contribution is -2.40. The summed E-state index contributed by atoms with van der Waals surface area (Å²) in [5.74, 6) is 0.444. The second-order valence-corrected chi connectivity index (χ2v) is 6.84. The van der Waals surface area contributed by atoms with E-state index in [0.717, 1.165) is 17.2 Å². The van der Waals surface area contributed by atoms with E-state index < -0.39 is 0 Å². The third-order valence-electron chi connectivity index (χ3n) is 3.50. The van der Waals surface area contributed by atoms with Gasteiger partial charge in [-0.05, 0) is 36.8 Å². The summed E-state index contributed by atoms with van der Waals surface area (Å²) < 4.78 is 0.883. The molecule has 0 aromatic carbocycles. The Morgan fingerprint density at radius 1 is 1.59 bits per heavy atom. The first-order valence-electron chi connectivity index (χ1n) is 6.26. The van der Waals surface area contributed by atoms with Gasteiger partial charge in [-0.2, -0.15) is 0 Å². The Labute approximate surface area is 112 Å². The van der Waals surface area contributed by atoms with E-state index in [0.29, 0.717) is 12.0 Å². The molecule has 0 radical (unpaired) electrons. The predicted molar refractivity (Wildman–Crippen MR) is 73.9 cm³/mol. The van der Waals surface area contributed by atoms with Gasteiger partial charge in [0.25, 0.3) is 0 Å². The topological polar surface area (TPSA) is 32.3 Å². The van der Waals surface area contributed by atoms with Crippen LogP contribution in [-0.2, 0) is 6.42 Å². The molecule has 0 spiro atoms. The summed E-state index contributed by atoms with van der Waals surface area (Å²) in [7, 11) is 0. The minimum atomic E-state index is 0.171. The highest BCUT2D eigenvalue weighted by Crippen LogP contribution is 2.38. The summed E-state index contributed by atoms with van der Waals surface area (Å²) in [6, 6.07) is 2.62. The maximum Gasteiger partial charge on any atom is 0.0934 e. The zero-order valence-electron chi connectivity index (χ0n) is 10.4. The number of aliphatic hydroxyl groups is 1. The second-order valence-electron chi connectivity index (χ2n) is 5.07. The van der Waals surface area contributed by atoms with Crippen LogP contribution >= 0.6 is 22.9 Å². The molecule has 1 aromatic rings. The molecule has 0 saturated heterocycles. The molecular formula is C13H20ClNOS. The number of aryl methyl sites for hydroxylation is 1. The van der Waals surface area contributed by atoms with Crippen LogP contribution in [0.15, 0.2) is 6.07 Å².